The standard InChI is InChI=1S/C9H8FN5O/c10-5-1-2-16-9(5)15-4-14-6-7(11)12-3-13-8(6)15/h1,3-4,9H,2H2,(H2,11,12,13). The minimum atomic E-state index is -0.792. The fourth-order valence-electron chi connectivity index (χ4n) is 1.65. The number of nitrogens with zero attached hydrogens (tertiary/aromatic N) is 4. The molecule has 2 aromatic rings. The number of ether oxygens (including phenoxy) is 1. The van der Waals surface area contributed by atoms with Gasteiger partial charge in [0.15, 0.2) is 17.7 Å². The molecule has 0 saturated carbocycles. The largest absolute Gasteiger partial charge is 0.382 e. The highest BCUT2D eigenvalue weighted by Crippen LogP contribution is 2.28. The number of aromatic nitrogens is 4. The van der Waals surface area contributed by atoms with E-state index in [1.54, 1.807) is 0 Å². The van der Waals surface area contributed by atoms with Crippen LogP contribution in [0.1, 0.15) is 6.23 Å². The van der Waals surface area contributed by atoms with Gasteiger partial charge in [0.25, 0.3) is 0 Å². The Kier molecular flexibility index (Phi) is 1.87. The van der Waals surface area contributed by atoms with E-state index in [4.69, 9.17) is 10.5 Å². The maximum atomic E-state index is 13.4. The summed E-state index contributed by atoms with van der Waals surface area (Å²) in [4.78, 5) is 11.9. The number of rotatable bonds is 1. The molecular formula is C9H8FN5O. The van der Waals surface area contributed by atoms with Crippen LogP contribution in [0.15, 0.2) is 24.6 Å². The normalized spacial score (nSPS) is 20.3. The van der Waals surface area contributed by atoms with E-state index >= 15 is 0 Å². The molecule has 16 heavy (non-hydrogen) atoms. The predicted molar refractivity (Wildman–Crippen MR) is 53.9 cm³/mol. The van der Waals surface area contributed by atoms with Crippen molar-refractivity contribution in [3.8, 4) is 0 Å². The molecule has 0 amide bonds. The molecule has 3 heterocycles. The van der Waals surface area contributed by atoms with Gasteiger partial charge in [0.05, 0.1) is 12.9 Å². The molecule has 0 radical (unpaired) electrons. The van der Waals surface area contributed by atoms with Crippen molar-refractivity contribution in [3.63, 3.8) is 0 Å². The Balaban J connectivity index is 2.18. The second-order valence-corrected chi connectivity index (χ2v) is 3.36. The number of hydrogen-bond acceptors (Lipinski definition) is 5. The third-order valence-electron chi connectivity index (χ3n) is 2.41. The molecule has 6 nitrogen and oxygen atoms in total. The maximum absolute atomic E-state index is 13.4. The molecule has 2 aromatic heterocycles. The molecule has 1 aliphatic rings. The van der Waals surface area contributed by atoms with Crippen molar-refractivity contribution in [2.75, 3.05) is 12.3 Å². The number of anilines is 1. The summed E-state index contributed by atoms with van der Waals surface area (Å²) in [6.45, 7) is 0.247. The number of nitrogen functional groups attached to an aromatic ring is 1. The molecule has 3 rings (SSSR count). The number of hydrogen-bond donors (Lipinski definition) is 1. The van der Waals surface area contributed by atoms with Crippen molar-refractivity contribution in [2.45, 2.75) is 6.23 Å². The van der Waals surface area contributed by atoms with Gasteiger partial charge in [0, 0.05) is 0 Å². The van der Waals surface area contributed by atoms with E-state index in [9.17, 15) is 4.39 Å². The number of nitrogens with two attached hydrogens (primary N) is 1. The van der Waals surface area contributed by atoms with Crippen LogP contribution in [-0.4, -0.2) is 26.1 Å². The Morgan fingerprint density at radius 1 is 1.44 bits per heavy atom. The van der Waals surface area contributed by atoms with E-state index in [2.05, 4.69) is 15.0 Å². The lowest BCUT2D eigenvalue weighted by atomic mass is 10.4. The molecule has 0 fully saturated rings. The van der Waals surface area contributed by atoms with Gasteiger partial charge in [-0.3, -0.25) is 4.57 Å². The highest BCUT2D eigenvalue weighted by atomic mass is 19.1. The zero-order chi connectivity index (χ0) is 11.1. The molecule has 0 bridgehead atoms. The van der Waals surface area contributed by atoms with Gasteiger partial charge in [0.2, 0.25) is 0 Å². The van der Waals surface area contributed by atoms with E-state index in [1.165, 1.54) is 23.3 Å². The molecule has 0 saturated heterocycles. The summed E-state index contributed by atoms with van der Waals surface area (Å²) in [6, 6.07) is 0. The molecule has 0 aliphatic carbocycles. The van der Waals surface area contributed by atoms with E-state index in [1.807, 2.05) is 0 Å². The summed E-state index contributed by atoms with van der Waals surface area (Å²) in [7, 11) is 0. The molecule has 1 unspecified atom stereocenters. The summed E-state index contributed by atoms with van der Waals surface area (Å²) < 4.78 is 20.1. The van der Waals surface area contributed by atoms with Crippen LogP contribution in [0.3, 0.4) is 0 Å². The third-order valence-corrected chi connectivity index (χ3v) is 2.41. The first kappa shape index (κ1) is 9.22. The average molecular weight is 221 g/mol. The monoisotopic (exact) mass is 221 g/mol. The van der Waals surface area contributed by atoms with E-state index in [0.717, 1.165) is 0 Å². The molecule has 1 aliphatic heterocycles. The molecular weight excluding hydrogens is 213 g/mol. The first-order valence-corrected chi connectivity index (χ1v) is 4.67. The van der Waals surface area contributed by atoms with E-state index < -0.39 is 6.23 Å². The zero-order valence-electron chi connectivity index (χ0n) is 8.17. The lowest BCUT2D eigenvalue weighted by molar-refractivity contribution is 0.0583. The Morgan fingerprint density at radius 3 is 3.06 bits per heavy atom. The summed E-state index contributed by atoms with van der Waals surface area (Å²) >= 11 is 0. The number of fused-ring (bicyclic) bond motifs is 1. The lowest BCUT2D eigenvalue weighted by Crippen LogP contribution is -2.09. The third kappa shape index (κ3) is 1.18. The Hall–Kier alpha value is -2.02. The van der Waals surface area contributed by atoms with Crippen LogP contribution in [0.5, 0.6) is 0 Å². The lowest BCUT2D eigenvalue weighted by Gasteiger charge is -2.11. The minimum absolute atomic E-state index is 0.247. The fraction of sp³-hybridized carbons (Fsp3) is 0.222. The summed E-state index contributed by atoms with van der Waals surface area (Å²) in [5, 5.41) is 0. The summed E-state index contributed by atoms with van der Waals surface area (Å²) in [5.74, 6) is -0.0809. The zero-order valence-corrected chi connectivity index (χ0v) is 8.17. The Bertz CT molecular complexity index is 578. The first-order valence-electron chi connectivity index (χ1n) is 4.67. The van der Waals surface area contributed by atoms with Gasteiger partial charge in [-0.25, -0.2) is 19.3 Å². The molecule has 7 heteroatoms. The second kappa shape index (κ2) is 3.24. The minimum Gasteiger partial charge on any atom is -0.382 e. The van der Waals surface area contributed by atoms with E-state index in [0.29, 0.717) is 11.2 Å². The van der Waals surface area contributed by atoms with Crippen molar-refractivity contribution >= 4 is 17.0 Å². The molecule has 0 aromatic carbocycles. The van der Waals surface area contributed by atoms with Gasteiger partial charge < -0.3 is 10.5 Å². The van der Waals surface area contributed by atoms with Gasteiger partial charge in [-0.1, -0.05) is 0 Å². The quantitative estimate of drug-likeness (QED) is 0.770. The maximum Gasteiger partial charge on any atom is 0.189 e. The molecule has 0 spiro atoms. The van der Waals surface area contributed by atoms with Crippen LogP contribution in [-0.2, 0) is 4.74 Å². The topological polar surface area (TPSA) is 78.9 Å². The second-order valence-electron chi connectivity index (χ2n) is 3.36. The van der Waals surface area contributed by atoms with Crippen molar-refractivity contribution in [1.29, 1.82) is 0 Å². The van der Waals surface area contributed by atoms with Gasteiger partial charge in [0.1, 0.15) is 17.7 Å². The van der Waals surface area contributed by atoms with Crippen LogP contribution >= 0.6 is 0 Å². The van der Waals surface area contributed by atoms with Crippen molar-refractivity contribution in [2.24, 2.45) is 0 Å². The summed E-state index contributed by atoms with van der Waals surface area (Å²) in [6.07, 6.45) is 3.34. The highest BCUT2D eigenvalue weighted by Gasteiger charge is 2.24. The van der Waals surface area contributed by atoms with Crippen LogP contribution in [0.2, 0.25) is 0 Å². The van der Waals surface area contributed by atoms with Crippen LogP contribution in [0.25, 0.3) is 11.2 Å². The van der Waals surface area contributed by atoms with Crippen LogP contribution in [0.4, 0.5) is 10.2 Å². The average Bonchev–Trinajstić information content (AvgIpc) is 2.84. The number of halogens is 1. The van der Waals surface area contributed by atoms with E-state index in [-0.39, 0.29) is 18.3 Å². The summed E-state index contributed by atoms with van der Waals surface area (Å²) in [5.41, 5.74) is 6.54. The molecule has 1 atom stereocenters. The van der Waals surface area contributed by atoms with Gasteiger partial charge in [-0.05, 0) is 6.08 Å². The predicted octanol–water partition coefficient (Wildman–Crippen LogP) is 0.791. The molecule has 82 valence electrons. The Labute approximate surface area is 89.6 Å². The van der Waals surface area contributed by atoms with Gasteiger partial charge in [-0.2, -0.15) is 0 Å². The van der Waals surface area contributed by atoms with Crippen LogP contribution in [0, 0.1) is 0 Å². The SMILES string of the molecule is Nc1ncnc2c1ncn2C1OCC=C1F. The van der Waals surface area contributed by atoms with Gasteiger partial charge in [-0.15, -0.1) is 0 Å². The van der Waals surface area contributed by atoms with Gasteiger partial charge >= 0.3 is 0 Å². The molecule has 2 N–H and O–H groups in total. The van der Waals surface area contributed by atoms with Crippen LogP contribution < -0.4 is 5.73 Å². The highest BCUT2D eigenvalue weighted by molar-refractivity contribution is 5.81. The Morgan fingerprint density at radius 2 is 2.31 bits per heavy atom. The first-order chi connectivity index (χ1) is 7.77. The van der Waals surface area contributed by atoms with Crippen molar-refractivity contribution in [1.82, 2.24) is 19.5 Å². The fourth-order valence-corrected chi connectivity index (χ4v) is 1.65. The number of imidazole rings is 1. The van der Waals surface area contributed by atoms with Crippen molar-refractivity contribution < 1.29 is 9.13 Å². The van der Waals surface area contributed by atoms with Crippen molar-refractivity contribution in [3.05, 3.63) is 24.6 Å². The smallest absolute Gasteiger partial charge is 0.189 e.